The number of hydrogen-bond donors (Lipinski definition) is 1. The molecule has 2 atom stereocenters. The topological polar surface area (TPSA) is 50.3 Å². The number of morpholine rings is 1. The highest BCUT2D eigenvalue weighted by molar-refractivity contribution is 6.31. The molecule has 1 N–H and O–H groups in total. The third-order valence-electron chi connectivity index (χ3n) is 3.61. The summed E-state index contributed by atoms with van der Waals surface area (Å²) in [6.45, 7) is 3.77. The Morgan fingerprint density at radius 3 is 3.22 bits per heavy atom. The predicted octanol–water partition coefficient (Wildman–Crippen LogP) is 1.41. The van der Waals surface area contributed by atoms with E-state index < -0.39 is 0 Å². The molecule has 0 aromatic carbocycles. The minimum absolute atomic E-state index is 0.206. The number of rotatable bonds is 3. The van der Waals surface area contributed by atoms with Gasteiger partial charge in [0.1, 0.15) is 0 Å². The minimum atomic E-state index is 0.206. The highest BCUT2D eigenvalue weighted by Crippen LogP contribution is 2.23. The lowest BCUT2D eigenvalue weighted by molar-refractivity contribution is -0.0416. The van der Waals surface area contributed by atoms with E-state index in [-0.39, 0.29) is 6.10 Å². The first-order valence-corrected chi connectivity index (χ1v) is 6.77. The molecule has 18 heavy (non-hydrogen) atoms. The van der Waals surface area contributed by atoms with Crippen LogP contribution in [0.4, 0.5) is 5.82 Å². The van der Waals surface area contributed by atoms with Crippen LogP contribution in [0.2, 0.25) is 5.15 Å². The number of hydrogen-bond acceptors (Lipinski definition) is 5. The first kappa shape index (κ1) is 12.1. The van der Waals surface area contributed by atoms with Crippen LogP contribution in [0.3, 0.4) is 0 Å². The fourth-order valence-corrected chi connectivity index (χ4v) is 2.83. The van der Waals surface area contributed by atoms with Crippen molar-refractivity contribution >= 4 is 17.4 Å². The number of nitrogens with one attached hydrogen (secondary N) is 1. The molecule has 0 radical (unpaired) electrons. The van der Waals surface area contributed by atoms with Gasteiger partial charge >= 0.3 is 0 Å². The van der Waals surface area contributed by atoms with Crippen molar-refractivity contribution in [3.8, 4) is 0 Å². The predicted molar refractivity (Wildman–Crippen MR) is 69.9 cm³/mol. The normalized spacial score (nSPS) is 28.1. The highest BCUT2D eigenvalue weighted by atomic mass is 35.5. The average molecular weight is 269 g/mol. The van der Waals surface area contributed by atoms with Crippen LogP contribution in [0.1, 0.15) is 12.8 Å². The van der Waals surface area contributed by atoms with Gasteiger partial charge in [-0.15, -0.1) is 0 Å². The summed E-state index contributed by atoms with van der Waals surface area (Å²) in [4.78, 5) is 10.7. The second-order valence-corrected chi connectivity index (χ2v) is 5.18. The van der Waals surface area contributed by atoms with Crippen LogP contribution >= 0.6 is 11.6 Å². The summed E-state index contributed by atoms with van der Waals surface area (Å²) < 4.78 is 5.86. The average Bonchev–Trinajstić information content (AvgIpc) is 2.85. The zero-order chi connectivity index (χ0) is 12.4. The summed E-state index contributed by atoms with van der Waals surface area (Å²) in [6.07, 6.45) is 5.99. The maximum absolute atomic E-state index is 5.94. The van der Waals surface area contributed by atoms with Gasteiger partial charge in [0.15, 0.2) is 11.0 Å². The fraction of sp³-hybridized carbons (Fsp3) is 0.667. The van der Waals surface area contributed by atoms with Gasteiger partial charge in [0, 0.05) is 31.5 Å². The summed E-state index contributed by atoms with van der Waals surface area (Å²) in [5, 5.41) is 3.61. The van der Waals surface area contributed by atoms with Crippen LogP contribution < -0.4 is 5.32 Å². The zero-order valence-corrected chi connectivity index (χ0v) is 10.9. The highest BCUT2D eigenvalue weighted by Gasteiger charge is 2.32. The number of anilines is 1. The quantitative estimate of drug-likeness (QED) is 0.898. The van der Waals surface area contributed by atoms with Crippen molar-refractivity contribution < 1.29 is 4.74 Å². The number of aromatic nitrogens is 2. The number of ether oxygens (including phenoxy) is 1. The van der Waals surface area contributed by atoms with E-state index in [1.807, 2.05) is 0 Å². The van der Waals surface area contributed by atoms with Gasteiger partial charge in [-0.1, -0.05) is 11.6 Å². The van der Waals surface area contributed by atoms with Crippen molar-refractivity contribution in [2.24, 2.45) is 0 Å². The molecular weight excluding hydrogens is 252 g/mol. The maximum Gasteiger partial charge on any atom is 0.171 e. The Kier molecular flexibility index (Phi) is 3.63. The van der Waals surface area contributed by atoms with E-state index >= 15 is 0 Å². The first-order valence-electron chi connectivity index (χ1n) is 6.39. The lowest BCUT2D eigenvalue weighted by Gasteiger charge is -2.35. The van der Waals surface area contributed by atoms with E-state index in [1.54, 1.807) is 12.4 Å². The third-order valence-corrected chi connectivity index (χ3v) is 3.89. The second kappa shape index (κ2) is 5.38. The molecule has 3 rings (SSSR count). The zero-order valence-electron chi connectivity index (χ0n) is 10.2. The van der Waals surface area contributed by atoms with Gasteiger partial charge in [0.2, 0.25) is 0 Å². The van der Waals surface area contributed by atoms with Crippen molar-refractivity contribution in [1.29, 1.82) is 0 Å². The molecule has 6 heteroatoms. The van der Waals surface area contributed by atoms with Crippen LogP contribution in [0.25, 0.3) is 0 Å². The summed E-state index contributed by atoms with van der Waals surface area (Å²) in [5.74, 6) is 0.631. The van der Waals surface area contributed by atoms with Gasteiger partial charge in [-0.25, -0.2) is 9.97 Å². The number of nitrogens with zero attached hydrogens (tertiary/aromatic N) is 3. The van der Waals surface area contributed by atoms with Gasteiger partial charge in [0.25, 0.3) is 0 Å². The number of fused-ring (bicyclic) bond motifs is 1. The van der Waals surface area contributed by atoms with Crippen LogP contribution in [0.15, 0.2) is 12.4 Å². The Morgan fingerprint density at radius 1 is 1.44 bits per heavy atom. The Balaban J connectivity index is 1.53. The third kappa shape index (κ3) is 2.58. The Morgan fingerprint density at radius 2 is 2.33 bits per heavy atom. The Hall–Kier alpha value is -0.910. The van der Waals surface area contributed by atoms with E-state index in [0.29, 0.717) is 17.0 Å². The minimum Gasteiger partial charge on any atom is -0.373 e. The van der Waals surface area contributed by atoms with Crippen molar-refractivity contribution in [2.45, 2.75) is 25.0 Å². The molecule has 0 aliphatic carbocycles. The molecule has 0 amide bonds. The molecule has 2 fully saturated rings. The molecule has 0 bridgehead atoms. The van der Waals surface area contributed by atoms with E-state index in [0.717, 1.165) is 19.7 Å². The Labute approximate surface area is 112 Å². The van der Waals surface area contributed by atoms with Crippen LogP contribution in [0, 0.1) is 0 Å². The summed E-state index contributed by atoms with van der Waals surface area (Å²) in [7, 11) is 0. The van der Waals surface area contributed by atoms with Gasteiger partial charge in [-0.2, -0.15) is 0 Å². The molecule has 3 heterocycles. The largest absolute Gasteiger partial charge is 0.373 e. The Bertz CT molecular complexity index is 417. The van der Waals surface area contributed by atoms with Gasteiger partial charge in [-0.3, -0.25) is 4.90 Å². The monoisotopic (exact) mass is 268 g/mol. The molecule has 0 saturated carbocycles. The molecule has 5 nitrogen and oxygen atoms in total. The smallest absolute Gasteiger partial charge is 0.171 e. The van der Waals surface area contributed by atoms with E-state index in [1.165, 1.54) is 19.4 Å². The SMILES string of the molecule is Clc1nccnc1NCC1CN2CCCC2CO1. The molecule has 98 valence electrons. The molecule has 2 aliphatic heterocycles. The van der Waals surface area contributed by atoms with Crippen molar-refractivity contribution in [3.63, 3.8) is 0 Å². The standard InChI is InChI=1S/C12H17ClN4O/c13-11-12(15-4-3-14-11)16-6-10-7-17-5-1-2-9(17)8-18-10/h3-4,9-10H,1-2,5-8H2,(H,15,16). The van der Waals surface area contributed by atoms with Gasteiger partial charge < -0.3 is 10.1 Å². The number of halogens is 1. The van der Waals surface area contributed by atoms with Gasteiger partial charge in [-0.05, 0) is 19.4 Å². The second-order valence-electron chi connectivity index (χ2n) is 4.82. The molecule has 1 aromatic rings. The molecule has 1 aromatic heterocycles. The van der Waals surface area contributed by atoms with Crippen molar-refractivity contribution in [1.82, 2.24) is 14.9 Å². The van der Waals surface area contributed by atoms with E-state index in [9.17, 15) is 0 Å². The molecular formula is C12H17ClN4O. The van der Waals surface area contributed by atoms with E-state index in [2.05, 4.69) is 20.2 Å². The molecule has 2 aliphatic rings. The molecule has 2 unspecified atom stereocenters. The lowest BCUT2D eigenvalue weighted by atomic mass is 10.2. The fourth-order valence-electron chi connectivity index (χ4n) is 2.66. The van der Waals surface area contributed by atoms with Gasteiger partial charge in [0.05, 0.1) is 12.7 Å². The summed E-state index contributed by atoms with van der Waals surface area (Å²) >= 11 is 5.94. The maximum atomic E-state index is 5.94. The molecule has 2 saturated heterocycles. The summed E-state index contributed by atoms with van der Waals surface area (Å²) in [5.41, 5.74) is 0. The van der Waals surface area contributed by atoms with Crippen LogP contribution in [-0.2, 0) is 4.74 Å². The van der Waals surface area contributed by atoms with Crippen LogP contribution in [0.5, 0.6) is 0 Å². The molecule has 0 spiro atoms. The van der Waals surface area contributed by atoms with Crippen molar-refractivity contribution in [2.75, 3.05) is 31.6 Å². The van der Waals surface area contributed by atoms with Crippen molar-refractivity contribution in [3.05, 3.63) is 17.5 Å². The summed E-state index contributed by atoms with van der Waals surface area (Å²) in [6, 6.07) is 0.640. The van der Waals surface area contributed by atoms with Crippen LogP contribution in [-0.4, -0.2) is 53.3 Å². The first-order chi connectivity index (χ1) is 8.83. The lowest BCUT2D eigenvalue weighted by Crippen LogP contribution is -2.48. The van der Waals surface area contributed by atoms with E-state index in [4.69, 9.17) is 16.3 Å².